The van der Waals surface area contributed by atoms with E-state index < -0.39 is 5.54 Å². The van der Waals surface area contributed by atoms with E-state index in [1.54, 1.807) is 0 Å². The molecule has 1 aromatic heterocycles. The summed E-state index contributed by atoms with van der Waals surface area (Å²) >= 11 is 0. The molecule has 0 fully saturated rings. The van der Waals surface area contributed by atoms with Gasteiger partial charge in [-0.1, -0.05) is 38.1 Å². The van der Waals surface area contributed by atoms with Crippen molar-refractivity contribution < 1.29 is 9.30 Å². The van der Waals surface area contributed by atoms with E-state index in [9.17, 15) is 0 Å². The molecule has 3 nitrogen and oxygen atoms in total. The van der Waals surface area contributed by atoms with E-state index in [-0.39, 0.29) is 0 Å². The molecular weight excluding hydrogens is 404 g/mol. The molecule has 5 rings (SSSR count). The van der Waals surface area contributed by atoms with E-state index in [4.69, 9.17) is 11.3 Å². The second kappa shape index (κ2) is 7.32. The average Bonchev–Trinajstić information content (AvgIpc) is 2.76. The molecule has 0 aliphatic carbocycles. The fraction of sp³-hybridized carbons (Fsp3) is 0.333. The number of hydrogen-bond donors (Lipinski definition) is 0. The Bertz CT molecular complexity index is 1500. The van der Waals surface area contributed by atoms with Crippen molar-refractivity contribution in [3.63, 3.8) is 0 Å². The first kappa shape index (κ1) is 21.5. The lowest BCUT2D eigenvalue weighted by Crippen LogP contribution is -2.34. The monoisotopic (exact) mass is 435 g/mol. The maximum Gasteiger partial charge on any atom is 0.256 e. The second-order valence-corrected chi connectivity index (χ2v) is 10.4. The maximum absolute atomic E-state index is 7.60. The molecule has 0 N–H and O–H groups in total. The van der Waals surface area contributed by atoms with Crippen LogP contribution in [0.2, 0.25) is 0 Å². The fourth-order valence-electron chi connectivity index (χ4n) is 5.17. The summed E-state index contributed by atoms with van der Waals surface area (Å²) in [6.45, 7) is 20.5. The Morgan fingerprint density at radius 1 is 1.06 bits per heavy atom. The van der Waals surface area contributed by atoms with Gasteiger partial charge in [-0.05, 0) is 53.5 Å². The van der Waals surface area contributed by atoms with Crippen LogP contribution in [0.25, 0.3) is 37.8 Å². The normalized spacial score (nSPS) is 12.7. The maximum atomic E-state index is 7.60. The summed E-state index contributed by atoms with van der Waals surface area (Å²) in [6, 6.07) is 15.4. The SMILES string of the molecule is [C-]#[N+]C(C)(C)Cc1cccc2c1cc1c([n+]2C)-c2c(C)c(C)cc3cc(C(C)C)cc(c23)O1. The molecule has 1 aliphatic heterocycles. The van der Waals surface area contributed by atoms with Crippen LogP contribution in [0, 0.1) is 20.4 Å². The molecule has 0 saturated heterocycles. The third kappa shape index (κ3) is 3.28. The van der Waals surface area contributed by atoms with E-state index in [2.05, 4.69) is 86.6 Å². The van der Waals surface area contributed by atoms with Crippen LogP contribution in [-0.4, -0.2) is 5.54 Å². The third-order valence-corrected chi connectivity index (χ3v) is 7.17. The smallest absolute Gasteiger partial charge is 0.256 e. The fourth-order valence-corrected chi connectivity index (χ4v) is 5.17. The number of nitrogens with zero attached hydrogens (tertiary/aromatic N) is 2. The van der Waals surface area contributed by atoms with E-state index in [0.717, 1.165) is 28.1 Å². The molecule has 0 radical (unpaired) electrons. The summed E-state index contributed by atoms with van der Waals surface area (Å²) in [7, 11) is 2.13. The summed E-state index contributed by atoms with van der Waals surface area (Å²) in [6.07, 6.45) is 0.703. The summed E-state index contributed by atoms with van der Waals surface area (Å²) in [5, 5.41) is 3.60. The van der Waals surface area contributed by atoms with E-state index >= 15 is 0 Å². The van der Waals surface area contributed by atoms with E-state index in [0.29, 0.717) is 12.3 Å². The number of rotatable bonds is 3. The molecule has 4 aromatic rings. The Morgan fingerprint density at radius 3 is 2.52 bits per heavy atom. The summed E-state index contributed by atoms with van der Waals surface area (Å²) in [5.41, 5.74) is 8.18. The van der Waals surface area contributed by atoms with Gasteiger partial charge < -0.3 is 9.58 Å². The number of pyridine rings is 1. The van der Waals surface area contributed by atoms with Crippen molar-refractivity contribution in [3.8, 4) is 22.8 Å². The van der Waals surface area contributed by atoms with Crippen LogP contribution in [-0.2, 0) is 13.5 Å². The molecule has 166 valence electrons. The van der Waals surface area contributed by atoms with Crippen molar-refractivity contribution in [1.29, 1.82) is 0 Å². The first-order valence-corrected chi connectivity index (χ1v) is 11.7. The highest BCUT2D eigenvalue weighted by atomic mass is 16.5. The number of benzene rings is 3. The number of aryl methyl sites for hydroxylation is 2. The highest BCUT2D eigenvalue weighted by Crippen LogP contribution is 2.49. The molecule has 2 heterocycles. The third-order valence-electron chi connectivity index (χ3n) is 7.17. The van der Waals surface area contributed by atoms with Gasteiger partial charge in [0.2, 0.25) is 11.1 Å². The highest BCUT2D eigenvalue weighted by molar-refractivity contribution is 6.05. The van der Waals surface area contributed by atoms with Crippen molar-refractivity contribution in [2.24, 2.45) is 7.05 Å². The van der Waals surface area contributed by atoms with Crippen LogP contribution >= 0.6 is 0 Å². The molecule has 3 heteroatoms. The molecule has 0 atom stereocenters. The predicted octanol–water partition coefficient (Wildman–Crippen LogP) is 7.57. The lowest BCUT2D eigenvalue weighted by atomic mass is 9.87. The molecule has 0 unspecified atom stereocenters. The standard InChI is InChI=1S/C30H31N2O/c1-17(2)21-13-22-12-18(3)19(4)27-28(22)25(14-21)33-26-15-23-20(16-30(5,6)31-7)10-9-11-24(23)32(8)29(26)27/h9-15,17H,16H2,1-6,8H3/q+1. The molecular formula is C30H31N2O+. The largest absolute Gasteiger partial charge is 0.450 e. The van der Waals surface area contributed by atoms with Gasteiger partial charge in [0.15, 0.2) is 5.75 Å². The van der Waals surface area contributed by atoms with Gasteiger partial charge in [0, 0.05) is 31.4 Å². The summed E-state index contributed by atoms with van der Waals surface area (Å²) < 4.78 is 8.93. The van der Waals surface area contributed by atoms with Gasteiger partial charge in [-0.25, -0.2) is 6.57 Å². The topological polar surface area (TPSA) is 17.5 Å². The summed E-state index contributed by atoms with van der Waals surface area (Å²) in [4.78, 5) is 3.85. The molecule has 3 aromatic carbocycles. The van der Waals surface area contributed by atoms with Gasteiger partial charge >= 0.3 is 0 Å². The second-order valence-electron chi connectivity index (χ2n) is 10.4. The summed E-state index contributed by atoms with van der Waals surface area (Å²) in [5.74, 6) is 2.26. The van der Waals surface area contributed by atoms with Gasteiger partial charge in [0.1, 0.15) is 12.8 Å². The zero-order valence-electron chi connectivity index (χ0n) is 20.6. The van der Waals surface area contributed by atoms with Crippen molar-refractivity contribution >= 4 is 21.7 Å². The molecule has 0 spiro atoms. The zero-order chi connectivity index (χ0) is 23.7. The molecule has 0 amide bonds. The van der Waals surface area contributed by atoms with Crippen LogP contribution in [0.3, 0.4) is 0 Å². The van der Waals surface area contributed by atoms with Crippen molar-refractivity contribution in [1.82, 2.24) is 0 Å². The van der Waals surface area contributed by atoms with Crippen molar-refractivity contribution in [2.75, 3.05) is 0 Å². The van der Waals surface area contributed by atoms with Crippen LogP contribution < -0.4 is 9.30 Å². The first-order valence-electron chi connectivity index (χ1n) is 11.7. The van der Waals surface area contributed by atoms with Gasteiger partial charge in [-0.15, -0.1) is 0 Å². The Labute approximate surface area is 196 Å². The zero-order valence-corrected chi connectivity index (χ0v) is 20.6. The minimum atomic E-state index is -0.443. The molecule has 0 saturated carbocycles. The number of aromatic nitrogens is 1. The van der Waals surface area contributed by atoms with Crippen LogP contribution in [0.15, 0.2) is 42.5 Å². The van der Waals surface area contributed by atoms with Crippen LogP contribution in [0.1, 0.15) is 55.9 Å². The minimum absolute atomic E-state index is 0.427. The van der Waals surface area contributed by atoms with Gasteiger partial charge in [-0.3, -0.25) is 0 Å². The Morgan fingerprint density at radius 2 is 1.82 bits per heavy atom. The molecule has 0 bridgehead atoms. The van der Waals surface area contributed by atoms with Crippen molar-refractivity contribution in [2.45, 2.75) is 59.4 Å². The number of hydrogen-bond acceptors (Lipinski definition) is 1. The van der Waals surface area contributed by atoms with E-state index in [1.807, 2.05) is 13.8 Å². The van der Waals surface area contributed by atoms with Crippen LogP contribution in [0.5, 0.6) is 11.5 Å². The first-order chi connectivity index (χ1) is 15.6. The lowest BCUT2D eigenvalue weighted by Gasteiger charge is -2.24. The van der Waals surface area contributed by atoms with E-state index in [1.165, 1.54) is 38.6 Å². The quantitative estimate of drug-likeness (QED) is 0.211. The molecule has 1 aliphatic rings. The van der Waals surface area contributed by atoms with Gasteiger partial charge in [0.25, 0.3) is 5.69 Å². The van der Waals surface area contributed by atoms with Gasteiger partial charge in [-0.2, -0.15) is 4.57 Å². The predicted molar refractivity (Wildman–Crippen MR) is 136 cm³/mol. The van der Waals surface area contributed by atoms with Gasteiger partial charge in [0.05, 0.1) is 17.4 Å². The molecule has 33 heavy (non-hydrogen) atoms. The van der Waals surface area contributed by atoms with Crippen LogP contribution in [0.4, 0.5) is 0 Å². The number of fused-ring (bicyclic) bond motifs is 3. The minimum Gasteiger partial charge on any atom is -0.450 e. The Kier molecular flexibility index (Phi) is 4.76. The average molecular weight is 436 g/mol. The number of ether oxygens (including phenoxy) is 1. The Hall–Kier alpha value is -3.38. The highest BCUT2D eigenvalue weighted by Gasteiger charge is 2.33. The van der Waals surface area contributed by atoms with Crippen molar-refractivity contribution in [3.05, 3.63) is 76.1 Å². The lowest BCUT2D eigenvalue weighted by molar-refractivity contribution is -0.633. The Balaban J connectivity index is 1.86.